The molecule has 0 amide bonds. The summed E-state index contributed by atoms with van der Waals surface area (Å²) in [6, 6.07) is 32.3. The summed E-state index contributed by atoms with van der Waals surface area (Å²) >= 11 is 0. The van der Waals surface area contributed by atoms with Crippen LogP contribution < -0.4 is 9.47 Å². The van der Waals surface area contributed by atoms with Crippen molar-refractivity contribution >= 4 is 0 Å². The molecule has 0 spiro atoms. The van der Waals surface area contributed by atoms with E-state index in [9.17, 15) is 0 Å². The molecule has 0 saturated carbocycles. The molecular weight excluding hydrogens is 624 g/mol. The van der Waals surface area contributed by atoms with Gasteiger partial charge < -0.3 is 18.3 Å². The Bertz CT molecular complexity index is 1720. The van der Waals surface area contributed by atoms with Gasteiger partial charge in [-0.15, -0.1) is 20.4 Å². The highest BCUT2D eigenvalue weighted by Gasteiger charge is 2.12. The van der Waals surface area contributed by atoms with Crippen LogP contribution >= 0.6 is 0 Å². The predicted octanol–water partition coefficient (Wildman–Crippen LogP) is 10.8. The van der Waals surface area contributed by atoms with Gasteiger partial charge in [0.15, 0.2) is 0 Å². The Morgan fingerprint density at radius 2 is 0.700 bits per heavy atom. The summed E-state index contributed by atoms with van der Waals surface area (Å²) in [4.78, 5) is 0. The van der Waals surface area contributed by atoms with Crippen molar-refractivity contribution in [3.05, 3.63) is 108 Å². The van der Waals surface area contributed by atoms with Gasteiger partial charge in [0, 0.05) is 22.3 Å². The molecule has 0 saturated heterocycles. The molecule has 50 heavy (non-hydrogen) atoms. The predicted molar refractivity (Wildman–Crippen MR) is 197 cm³/mol. The maximum absolute atomic E-state index is 5.97. The van der Waals surface area contributed by atoms with Crippen LogP contribution in [0.2, 0.25) is 0 Å². The fourth-order valence-corrected chi connectivity index (χ4v) is 5.80. The van der Waals surface area contributed by atoms with Gasteiger partial charge >= 0.3 is 0 Å². The standard InChI is InChI=1S/C42H46N4O4/c1-3-11-31-13-17-33(18-14-31)39-43-45-41(49-39)35-21-25-37(26-22-35)47-29-9-7-5-6-8-10-30-48-38-27-23-36(24-28-38)42-46-44-40(50-42)34-19-15-32(12-4-2)16-20-34/h13-28H,3-12,29-30H2,1-2H3. The molecule has 0 fully saturated rings. The Morgan fingerprint density at radius 1 is 0.400 bits per heavy atom. The fourth-order valence-electron chi connectivity index (χ4n) is 5.80. The van der Waals surface area contributed by atoms with Gasteiger partial charge in [0.25, 0.3) is 0 Å². The number of benzene rings is 4. The van der Waals surface area contributed by atoms with Crippen LogP contribution in [-0.4, -0.2) is 33.6 Å². The summed E-state index contributed by atoms with van der Waals surface area (Å²) < 4.78 is 23.8. The second-order valence-electron chi connectivity index (χ2n) is 12.6. The van der Waals surface area contributed by atoms with E-state index in [2.05, 4.69) is 58.5 Å². The maximum Gasteiger partial charge on any atom is 0.248 e. The molecule has 0 aliphatic rings. The van der Waals surface area contributed by atoms with Crippen LogP contribution in [0, 0.1) is 0 Å². The molecule has 0 unspecified atom stereocenters. The topological polar surface area (TPSA) is 96.3 Å². The molecule has 0 aliphatic carbocycles. The zero-order valence-corrected chi connectivity index (χ0v) is 29.1. The van der Waals surface area contributed by atoms with E-state index in [1.165, 1.54) is 24.0 Å². The van der Waals surface area contributed by atoms with E-state index in [4.69, 9.17) is 18.3 Å². The minimum Gasteiger partial charge on any atom is -0.494 e. The van der Waals surface area contributed by atoms with Crippen molar-refractivity contribution < 1.29 is 18.3 Å². The van der Waals surface area contributed by atoms with Crippen LogP contribution in [0.25, 0.3) is 45.8 Å². The molecular formula is C42H46N4O4. The lowest BCUT2D eigenvalue weighted by atomic mass is 10.1. The first-order chi connectivity index (χ1) is 24.7. The van der Waals surface area contributed by atoms with E-state index in [0.29, 0.717) is 36.8 Å². The summed E-state index contributed by atoms with van der Waals surface area (Å²) in [6.07, 6.45) is 11.1. The minimum absolute atomic E-state index is 0.506. The quantitative estimate of drug-likeness (QED) is 0.0786. The molecule has 258 valence electrons. The molecule has 2 aromatic heterocycles. The number of aromatic nitrogens is 4. The maximum atomic E-state index is 5.97. The van der Waals surface area contributed by atoms with Gasteiger partial charge in [0.2, 0.25) is 23.6 Å². The number of hydrogen-bond donors (Lipinski definition) is 0. The number of hydrogen-bond acceptors (Lipinski definition) is 8. The molecule has 0 radical (unpaired) electrons. The summed E-state index contributed by atoms with van der Waals surface area (Å²) in [5.41, 5.74) is 6.24. The normalized spacial score (nSPS) is 11.2. The molecule has 6 aromatic rings. The summed E-state index contributed by atoms with van der Waals surface area (Å²) in [5.74, 6) is 3.77. The highest BCUT2D eigenvalue weighted by molar-refractivity contribution is 5.60. The van der Waals surface area contributed by atoms with Crippen LogP contribution in [0.3, 0.4) is 0 Å². The van der Waals surface area contributed by atoms with E-state index in [-0.39, 0.29) is 0 Å². The minimum atomic E-state index is 0.506. The fraction of sp³-hybridized carbons (Fsp3) is 0.333. The van der Waals surface area contributed by atoms with Gasteiger partial charge in [-0.1, -0.05) is 76.6 Å². The molecule has 2 heterocycles. The lowest BCUT2D eigenvalue weighted by Crippen LogP contribution is -1.98. The van der Waals surface area contributed by atoms with Crippen LogP contribution in [-0.2, 0) is 12.8 Å². The molecule has 8 heteroatoms. The molecule has 0 bridgehead atoms. The lowest BCUT2D eigenvalue weighted by molar-refractivity contribution is 0.297. The highest BCUT2D eigenvalue weighted by atomic mass is 16.5. The summed E-state index contributed by atoms with van der Waals surface area (Å²) in [6.45, 7) is 5.77. The van der Waals surface area contributed by atoms with Crippen molar-refractivity contribution in [2.75, 3.05) is 13.2 Å². The average Bonchev–Trinajstić information content (AvgIpc) is 3.86. The monoisotopic (exact) mass is 670 g/mol. The number of nitrogens with zero attached hydrogens (tertiary/aromatic N) is 4. The average molecular weight is 671 g/mol. The van der Waals surface area contributed by atoms with E-state index in [1.54, 1.807) is 0 Å². The smallest absolute Gasteiger partial charge is 0.248 e. The van der Waals surface area contributed by atoms with Gasteiger partial charge in [-0.3, -0.25) is 0 Å². The Morgan fingerprint density at radius 3 is 1.02 bits per heavy atom. The van der Waals surface area contributed by atoms with Gasteiger partial charge in [-0.25, -0.2) is 0 Å². The zero-order chi connectivity index (χ0) is 34.4. The summed E-state index contributed by atoms with van der Waals surface area (Å²) in [5, 5.41) is 17.0. The largest absolute Gasteiger partial charge is 0.494 e. The number of aryl methyl sites for hydroxylation is 2. The molecule has 4 aromatic carbocycles. The lowest BCUT2D eigenvalue weighted by Gasteiger charge is -2.07. The number of unbranched alkanes of at least 4 members (excludes halogenated alkanes) is 5. The first-order valence-electron chi connectivity index (χ1n) is 18.0. The van der Waals surface area contributed by atoms with Crippen LogP contribution in [0.15, 0.2) is 106 Å². The molecule has 0 aliphatic heterocycles. The number of rotatable bonds is 19. The third-order valence-corrected chi connectivity index (χ3v) is 8.61. The van der Waals surface area contributed by atoms with Crippen LogP contribution in [0.4, 0.5) is 0 Å². The highest BCUT2D eigenvalue weighted by Crippen LogP contribution is 2.28. The second kappa shape index (κ2) is 18.0. The van der Waals surface area contributed by atoms with Crippen molar-refractivity contribution in [1.82, 2.24) is 20.4 Å². The molecule has 0 N–H and O–H groups in total. The van der Waals surface area contributed by atoms with Gasteiger partial charge in [0.1, 0.15) is 11.5 Å². The number of ether oxygens (including phenoxy) is 2. The second-order valence-corrected chi connectivity index (χ2v) is 12.6. The Hall–Kier alpha value is -5.24. The molecule has 0 atom stereocenters. The zero-order valence-electron chi connectivity index (χ0n) is 29.1. The Balaban J connectivity index is 0.822. The third-order valence-electron chi connectivity index (χ3n) is 8.61. The molecule has 6 rings (SSSR count). The Kier molecular flexibility index (Phi) is 12.4. The van der Waals surface area contributed by atoms with E-state index >= 15 is 0 Å². The van der Waals surface area contributed by atoms with Gasteiger partial charge in [0.05, 0.1) is 13.2 Å². The first-order valence-corrected chi connectivity index (χ1v) is 18.0. The third kappa shape index (κ3) is 9.68. The van der Waals surface area contributed by atoms with Crippen molar-refractivity contribution in [3.63, 3.8) is 0 Å². The first kappa shape index (κ1) is 34.6. The van der Waals surface area contributed by atoms with E-state index < -0.39 is 0 Å². The van der Waals surface area contributed by atoms with Gasteiger partial charge in [-0.2, -0.15) is 0 Å². The van der Waals surface area contributed by atoms with Crippen LogP contribution in [0.1, 0.15) is 76.3 Å². The van der Waals surface area contributed by atoms with E-state index in [1.807, 2.05) is 72.8 Å². The van der Waals surface area contributed by atoms with Crippen molar-refractivity contribution in [3.8, 4) is 57.3 Å². The van der Waals surface area contributed by atoms with Crippen molar-refractivity contribution in [2.24, 2.45) is 0 Å². The molecule has 8 nitrogen and oxygen atoms in total. The SMILES string of the molecule is CCCc1ccc(-c2nnc(-c3ccc(OCCCCCCCCOc4ccc(-c5nnc(-c6ccc(CCC)cc6)o5)cc4)cc3)o2)cc1. The Labute approximate surface area is 294 Å². The van der Waals surface area contributed by atoms with E-state index in [0.717, 1.165) is 85.1 Å². The summed E-state index contributed by atoms with van der Waals surface area (Å²) in [7, 11) is 0. The van der Waals surface area contributed by atoms with Crippen molar-refractivity contribution in [2.45, 2.75) is 78.1 Å². The van der Waals surface area contributed by atoms with Crippen LogP contribution in [0.5, 0.6) is 11.5 Å². The van der Waals surface area contributed by atoms with Gasteiger partial charge in [-0.05, 0) is 110 Å². The van der Waals surface area contributed by atoms with Crippen molar-refractivity contribution in [1.29, 1.82) is 0 Å².